The Kier molecular flexibility index (Phi) is 5.20. The molecule has 1 aromatic carbocycles. The van der Waals surface area contributed by atoms with Gasteiger partial charge in [-0.25, -0.2) is 0 Å². The highest BCUT2D eigenvalue weighted by atomic mass is 19.4. The van der Waals surface area contributed by atoms with Gasteiger partial charge in [0.1, 0.15) is 0 Å². The molecule has 0 bridgehead atoms. The smallest absolute Gasteiger partial charge is 0.422 e. The van der Waals surface area contributed by atoms with Gasteiger partial charge in [0, 0.05) is 19.1 Å². The first-order valence-corrected chi connectivity index (χ1v) is 8.14. The van der Waals surface area contributed by atoms with Gasteiger partial charge in [0.2, 0.25) is 0 Å². The fraction of sp³-hybridized carbons (Fsp3) is 0.647. The summed E-state index contributed by atoms with van der Waals surface area (Å²) >= 11 is 0. The molecule has 24 heavy (non-hydrogen) atoms. The minimum atomic E-state index is -4.37. The van der Waals surface area contributed by atoms with Gasteiger partial charge in [-0.2, -0.15) is 13.2 Å². The number of nitrogens with zero attached hydrogens (tertiary/aromatic N) is 1. The zero-order chi connectivity index (χ0) is 17.2. The molecule has 2 aliphatic rings. The first-order valence-electron chi connectivity index (χ1n) is 8.14. The molecule has 1 saturated carbocycles. The Morgan fingerprint density at radius 1 is 1.25 bits per heavy atom. The molecule has 1 heterocycles. The van der Waals surface area contributed by atoms with Gasteiger partial charge in [-0.05, 0) is 36.5 Å². The predicted molar refractivity (Wildman–Crippen MR) is 82.3 cm³/mol. The van der Waals surface area contributed by atoms with Crippen molar-refractivity contribution in [1.82, 2.24) is 4.90 Å². The molecule has 0 aromatic heterocycles. The summed E-state index contributed by atoms with van der Waals surface area (Å²) in [6.07, 6.45) is -1.87. The van der Waals surface area contributed by atoms with Crippen molar-refractivity contribution in [2.75, 3.05) is 33.5 Å². The number of halogens is 3. The van der Waals surface area contributed by atoms with Crippen LogP contribution in [0.25, 0.3) is 0 Å². The lowest BCUT2D eigenvalue weighted by molar-refractivity contribution is -0.153. The van der Waals surface area contributed by atoms with Crippen LogP contribution in [-0.4, -0.2) is 50.6 Å². The van der Waals surface area contributed by atoms with E-state index < -0.39 is 12.8 Å². The van der Waals surface area contributed by atoms with Crippen molar-refractivity contribution < 1.29 is 27.4 Å². The molecule has 134 valence electrons. The van der Waals surface area contributed by atoms with E-state index in [-0.39, 0.29) is 5.75 Å². The van der Waals surface area contributed by atoms with E-state index in [9.17, 15) is 13.2 Å². The van der Waals surface area contributed by atoms with Crippen LogP contribution in [0.15, 0.2) is 18.2 Å². The minimum Gasteiger partial charge on any atom is -0.493 e. The number of rotatable bonds is 6. The van der Waals surface area contributed by atoms with E-state index in [0.717, 1.165) is 25.3 Å². The first-order chi connectivity index (χ1) is 11.5. The first kappa shape index (κ1) is 17.4. The van der Waals surface area contributed by atoms with Gasteiger partial charge < -0.3 is 14.2 Å². The van der Waals surface area contributed by atoms with Gasteiger partial charge in [0.15, 0.2) is 18.1 Å². The Hall–Kier alpha value is -1.47. The zero-order valence-corrected chi connectivity index (χ0v) is 13.6. The van der Waals surface area contributed by atoms with E-state index in [1.807, 2.05) is 0 Å². The van der Waals surface area contributed by atoms with Gasteiger partial charge in [0.25, 0.3) is 0 Å². The van der Waals surface area contributed by atoms with Crippen LogP contribution in [0.1, 0.15) is 18.4 Å². The van der Waals surface area contributed by atoms with E-state index in [4.69, 9.17) is 14.2 Å². The molecule has 4 nitrogen and oxygen atoms in total. The van der Waals surface area contributed by atoms with Crippen molar-refractivity contribution in [3.05, 3.63) is 23.8 Å². The Morgan fingerprint density at radius 3 is 2.71 bits per heavy atom. The second-order valence-electron chi connectivity index (χ2n) is 6.34. The van der Waals surface area contributed by atoms with Crippen molar-refractivity contribution in [1.29, 1.82) is 0 Å². The summed E-state index contributed by atoms with van der Waals surface area (Å²) in [5.74, 6) is 1.15. The molecule has 7 heteroatoms. The SMILES string of the molecule is COc1cc(CN2CCOCC2C2CC2)ccc1OCC(F)(F)F. The summed E-state index contributed by atoms with van der Waals surface area (Å²) < 4.78 is 52.5. The molecule has 1 aromatic rings. The van der Waals surface area contributed by atoms with Gasteiger partial charge in [-0.3, -0.25) is 4.90 Å². The lowest BCUT2D eigenvalue weighted by atomic mass is 10.1. The van der Waals surface area contributed by atoms with Crippen molar-refractivity contribution in [2.24, 2.45) is 5.92 Å². The molecule has 2 fully saturated rings. The molecule has 1 aliphatic carbocycles. The van der Waals surface area contributed by atoms with E-state index in [0.29, 0.717) is 24.3 Å². The van der Waals surface area contributed by atoms with Crippen LogP contribution in [0.4, 0.5) is 13.2 Å². The average molecular weight is 345 g/mol. The maximum Gasteiger partial charge on any atom is 0.422 e. The zero-order valence-electron chi connectivity index (χ0n) is 13.6. The van der Waals surface area contributed by atoms with Crippen LogP contribution < -0.4 is 9.47 Å². The van der Waals surface area contributed by atoms with Crippen LogP contribution in [0.3, 0.4) is 0 Å². The fourth-order valence-corrected chi connectivity index (χ4v) is 3.09. The minimum absolute atomic E-state index is 0.110. The molecule has 1 unspecified atom stereocenters. The molecule has 3 rings (SSSR count). The van der Waals surface area contributed by atoms with Crippen LogP contribution in [0.2, 0.25) is 0 Å². The Balaban J connectivity index is 1.67. The molecule has 0 spiro atoms. The van der Waals surface area contributed by atoms with E-state index >= 15 is 0 Å². The molecule has 0 N–H and O–H groups in total. The highest BCUT2D eigenvalue weighted by Crippen LogP contribution is 2.37. The van der Waals surface area contributed by atoms with Gasteiger partial charge >= 0.3 is 6.18 Å². The third-order valence-corrected chi connectivity index (χ3v) is 4.45. The van der Waals surface area contributed by atoms with E-state index in [1.54, 1.807) is 18.2 Å². The standard InChI is InChI=1S/C17H22F3NO3/c1-22-16-8-12(2-5-15(16)24-11-17(18,19)20)9-21-6-7-23-10-14(21)13-3-4-13/h2,5,8,13-14H,3-4,6-7,9-11H2,1H3. The predicted octanol–water partition coefficient (Wildman–Crippen LogP) is 3.25. The van der Waals surface area contributed by atoms with Crippen LogP contribution in [-0.2, 0) is 11.3 Å². The summed E-state index contributed by atoms with van der Waals surface area (Å²) in [4.78, 5) is 2.40. The van der Waals surface area contributed by atoms with E-state index in [2.05, 4.69) is 4.90 Å². The van der Waals surface area contributed by atoms with Crippen molar-refractivity contribution in [2.45, 2.75) is 31.6 Å². The highest BCUT2D eigenvalue weighted by Gasteiger charge is 2.37. The molecule has 0 amide bonds. The van der Waals surface area contributed by atoms with Gasteiger partial charge in [0.05, 0.1) is 20.3 Å². The van der Waals surface area contributed by atoms with Crippen LogP contribution >= 0.6 is 0 Å². The Labute approximate surface area is 139 Å². The summed E-state index contributed by atoms with van der Waals surface area (Å²) in [5.41, 5.74) is 0.999. The third-order valence-electron chi connectivity index (χ3n) is 4.45. The summed E-state index contributed by atoms with van der Waals surface area (Å²) in [7, 11) is 1.43. The Bertz CT molecular complexity index is 561. The van der Waals surface area contributed by atoms with Gasteiger partial charge in [-0.1, -0.05) is 6.07 Å². The van der Waals surface area contributed by atoms with Crippen LogP contribution in [0.5, 0.6) is 11.5 Å². The summed E-state index contributed by atoms with van der Waals surface area (Å²) in [6.45, 7) is 1.76. The summed E-state index contributed by atoms with van der Waals surface area (Å²) in [6, 6.07) is 5.54. The lowest BCUT2D eigenvalue weighted by Gasteiger charge is -2.36. The number of morpholine rings is 1. The number of hydrogen-bond donors (Lipinski definition) is 0. The maximum absolute atomic E-state index is 12.3. The molecule has 1 atom stereocenters. The van der Waals surface area contributed by atoms with Crippen LogP contribution in [0, 0.1) is 5.92 Å². The second kappa shape index (κ2) is 7.19. The molecular weight excluding hydrogens is 323 g/mol. The second-order valence-corrected chi connectivity index (χ2v) is 6.34. The average Bonchev–Trinajstić information content (AvgIpc) is 3.38. The van der Waals surface area contributed by atoms with E-state index in [1.165, 1.54) is 20.0 Å². The molecule has 0 radical (unpaired) electrons. The summed E-state index contributed by atoms with van der Waals surface area (Å²) in [5, 5.41) is 0. The maximum atomic E-state index is 12.3. The topological polar surface area (TPSA) is 30.9 Å². The number of methoxy groups -OCH3 is 1. The number of benzene rings is 1. The number of ether oxygens (including phenoxy) is 3. The number of hydrogen-bond acceptors (Lipinski definition) is 4. The lowest BCUT2D eigenvalue weighted by Crippen LogP contribution is -2.46. The van der Waals surface area contributed by atoms with Crippen molar-refractivity contribution in [3.63, 3.8) is 0 Å². The normalized spacial score (nSPS) is 22.4. The largest absolute Gasteiger partial charge is 0.493 e. The highest BCUT2D eigenvalue weighted by molar-refractivity contribution is 5.43. The molecule has 1 saturated heterocycles. The quantitative estimate of drug-likeness (QED) is 0.792. The van der Waals surface area contributed by atoms with Gasteiger partial charge in [-0.15, -0.1) is 0 Å². The van der Waals surface area contributed by atoms with Crippen molar-refractivity contribution >= 4 is 0 Å². The fourth-order valence-electron chi connectivity index (χ4n) is 3.09. The Morgan fingerprint density at radius 2 is 2.04 bits per heavy atom. The molecule has 1 aliphatic heterocycles. The van der Waals surface area contributed by atoms with Crippen molar-refractivity contribution in [3.8, 4) is 11.5 Å². The number of alkyl halides is 3. The molecular formula is C17H22F3NO3. The monoisotopic (exact) mass is 345 g/mol. The third kappa shape index (κ3) is 4.54.